The molecule has 1 atom stereocenters. The zero-order valence-electron chi connectivity index (χ0n) is 18.3. The molecule has 2 aromatic carbocycles. The summed E-state index contributed by atoms with van der Waals surface area (Å²) >= 11 is 1.41. The Morgan fingerprint density at radius 2 is 1.79 bits per heavy atom. The molecule has 1 unspecified atom stereocenters. The largest absolute Gasteiger partial charge is 0.301 e. The van der Waals surface area contributed by atoms with Crippen LogP contribution >= 0.6 is 11.3 Å². The van der Waals surface area contributed by atoms with E-state index in [1.165, 1.54) is 11.3 Å². The van der Waals surface area contributed by atoms with E-state index in [-0.39, 0.29) is 11.8 Å². The van der Waals surface area contributed by atoms with E-state index in [1.807, 2.05) is 60.4 Å². The Morgan fingerprint density at radius 1 is 1.00 bits per heavy atom. The number of carbonyl (C=O) groups excluding carboxylic acids is 1. The van der Waals surface area contributed by atoms with Gasteiger partial charge >= 0.3 is 0 Å². The van der Waals surface area contributed by atoms with Crippen LogP contribution in [0.1, 0.15) is 30.9 Å². The highest BCUT2D eigenvalue weighted by Gasteiger charge is 2.39. The van der Waals surface area contributed by atoms with E-state index >= 15 is 0 Å². The molecule has 0 saturated carbocycles. The maximum absolute atomic E-state index is 13.4. The van der Waals surface area contributed by atoms with Crippen molar-refractivity contribution < 1.29 is 4.79 Å². The maximum atomic E-state index is 13.4. The molecule has 0 aliphatic heterocycles. The average Bonchev–Trinajstić information content (AvgIpc) is 3.50. The molecule has 0 saturated heterocycles. The van der Waals surface area contributed by atoms with Gasteiger partial charge in [0.05, 0.1) is 22.8 Å². The number of nitrogens with zero attached hydrogens (tertiary/aromatic N) is 4. The Bertz CT molecular complexity index is 1380. The molecule has 0 aliphatic rings. The monoisotopic (exact) mass is 453 g/mol. The molecular weight excluding hydrogens is 430 g/mol. The van der Waals surface area contributed by atoms with E-state index < -0.39 is 5.41 Å². The van der Waals surface area contributed by atoms with Crippen molar-refractivity contribution in [2.24, 2.45) is 5.41 Å². The minimum atomic E-state index is -0.734. The lowest BCUT2D eigenvalue weighted by atomic mass is 9.70. The quantitative estimate of drug-likeness (QED) is 0.359. The second-order valence-electron chi connectivity index (χ2n) is 8.44. The molecule has 1 amide bonds. The van der Waals surface area contributed by atoms with Crippen molar-refractivity contribution in [2.75, 3.05) is 5.32 Å². The van der Waals surface area contributed by atoms with E-state index in [9.17, 15) is 4.79 Å². The van der Waals surface area contributed by atoms with Crippen molar-refractivity contribution in [1.29, 1.82) is 0 Å². The first kappa shape index (κ1) is 21.0. The highest BCUT2D eigenvalue weighted by molar-refractivity contribution is 7.13. The molecule has 0 aliphatic carbocycles. The van der Waals surface area contributed by atoms with Gasteiger partial charge in [0.2, 0.25) is 5.91 Å². The van der Waals surface area contributed by atoms with Gasteiger partial charge in [-0.3, -0.25) is 9.78 Å². The summed E-state index contributed by atoms with van der Waals surface area (Å²) in [5.41, 5.74) is 3.36. The van der Waals surface area contributed by atoms with Crippen LogP contribution in [0.5, 0.6) is 0 Å². The van der Waals surface area contributed by atoms with E-state index in [4.69, 9.17) is 0 Å². The van der Waals surface area contributed by atoms with Crippen molar-refractivity contribution in [3.8, 4) is 5.69 Å². The molecular formula is C26H23N5OS. The van der Waals surface area contributed by atoms with Crippen LogP contribution < -0.4 is 5.32 Å². The van der Waals surface area contributed by atoms with Gasteiger partial charge in [-0.15, -0.1) is 11.3 Å². The second kappa shape index (κ2) is 8.60. The summed E-state index contributed by atoms with van der Waals surface area (Å²) in [5, 5.41) is 11.1. The Kier molecular flexibility index (Phi) is 5.48. The van der Waals surface area contributed by atoms with Gasteiger partial charge in [-0.1, -0.05) is 50.2 Å². The van der Waals surface area contributed by atoms with Crippen molar-refractivity contribution >= 4 is 33.3 Å². The van der Waals surface area contributed by atoms with Crippen molar-refractivity contribution in [1.82, 2.24) is 19.7 Å². The Balaban J connectivity index is 1.58. The van der Waals surface area contributed by atoms with Gasteiger partial charge < -0.3 is 5.32 Å². The summed E-state index contributed by atoms with van der Waals surface area (Å²) in [6.07, 6.45) is 7.07. The first-order valence-corrected chi connectivity index (χ1v) is 11.6. The number of hydrogen-bond donors (Lipinski definition) is 1. The molecule has 3 aromatic heterocycles. The number of amides is 1. The third-order valence-electron chi connectivity index (χ3n) is 5.93. The van der Waals surface area contributed by atoms with Crippen LogP contribution in [0.4, 0.5) is 5.13 Å². The number of fused-ring (bicyclic) bond motifs is 1. The van der Waals surface area contributed by atoms with Gasteiger partial charge in [0.25, 0.3) is 0 Å². The molecule has 6 nitrogen and oxygen atoms in total. The molecule has 0 fully saturated rings. The number of carbonyl (C=O) groups is 1. The number of rotatable bonds is 6. The summed E-state index contributed by atoms with van der Waals surface area (Å²) in [6, 6.07) is 20.3. The molecule has 7 heteroatoms. The number of pyridine rings is 1. The number of thiazole rings is 1. The van der Waals surface area contributed by atoms with E-state index in [0.717, 1.165) is 27.7 Å². The van der Waals surface area contributed by atoms with Crippen LogP contribution in [0.15, 0.2) is 90.8 Å². The van der Waals surface area contributed by atoms with E-state index in [1.54, 1.807) is 18.6 Å². The lowest BCUT2D eigenvalue weighted by Crippen LogP contribution is -2.37. The third-order valence-corrected chi connectivity index (χ3v) is 6.61. The van der Waals surface area contributed by atoms with Gasteiger partial charge in [0, 0.05) is 35.3 Å². The van der Waals surface area contributed by atoms with Gasteiger partial charge in [-0.25, -0.2) is 9.67 Å². The predicted octanol–water partition coefficient (Wildman–Crippen LogP) is 5.67. The molecule has 33 heavy (non-hydrogen) atoms. The number of hydrogen-bond acceptors (Lipinski definition) is 5. The van der Waals surface area contributed by atoms with Crippen LogP contribution in [0.25, 0.3) is 16.6 Å². The van der Waals surface area contributed by atoms with Crippen LogP contribution in [0.2, 0.25) is 0 Å². The number of aromatic nitrogens is 4. The van der Waals surface area contributed by atoms with Crippen molar-refractivity contribution in [3.05, 3.63) is 102 Å². The SMILES string of the molecule is CC(C)(C(=O)Nc1nccs1)C(c1ccccc1)c1ccc2c(cnn2-c2ccncc2)c1. The Hall–Kier alpha value is -3.84. The predicted molar refractivity (Wildman–Crippen MR) is 132 cm³/mol. The van der Waals surface area contributed by atoms with Crippen LogP contribution in [-0.2, 0) is 4.79 Å². The van der Waals surface area contributed by atoms with Gasteiger partial charge in [-0.05, 0) is 35.4 Å². The molecule has 0 spiro atoms. The molecule has 0 radical (unpaired) electrons. The maximum Gasteiger partial charge on any atom is 0.232 e. The fourth-order valence-electron chi connectivity index (χ4n) is 4.27. The number of benzene rings is 2. The van der Waals surface area contributed by atoms with E-state index in [0.29, 0.717) is 5.13 Å². The van der Waals surface area contributed by atoms with Crippen LogP contribution in [0.3, 0.4) is 0 Å². The van der Waals surface area contributed by atoms with Gasteiger partial charge in [0.1, 0.15) is 0 Å². The molecule has 0 bridgehead atoms. The van der Waals surface area contributed by atoms with Crippen LogP contribution in [-0.4, -0.2) is 25.7 Å². The first-order chi connectivity index (χ1) is 16.0. The van der Waals surface area contributed by atoms with Crippen LogP contribution in [0, 0.1) is 5.41 Å². The highest BCUT2D eigenvalue weighted by atomic mass is 32.1. The summed E-state index contributed by atoms with van der Waals surface area (Å²) in [6.45, 7) is 3.97. The lowest BCUT2D eigenvalue weighted by molar-refractivity contribution is -0.124. The van der Waals surface area contributed by atoms with Gasteiger partial charge in [0.15, 0.2) is 5.13 Å². The zero-order chi connectivity index (χ0) is 22.8. The minimum absolute atomic E-state index is 0.0705. The fourth-order valence-corrected chi connectivity index (χ4v) is 4.79. The molecule has 164 valence electrons. The average molecular weight is 454 g/mol. The normalized spacial score (nSPS) is 12.5. The Labute approximate surface area is 196 Å². The molecule has 5 aromatic rings. The zero-order valence-corrected chi connectivity index (χ0v) is 19.2. The minimum Gasteiger partial charge on any atom is -0.301 e. The van der Waals surface area contributed by atoms with Crippen molar-refractivity contribution in [3.63, 3.8) is 0 Å². The number of anilines is 1. The summed E-state index contributed by atoms with van der Waals surface area (Å²) in [7, 11) is 0. The topological polar surface area (TPSA) is 72.7 Å². The first-order valence-electron chi connectivity index (χ1n) is 10.7. The van der Waals surface area contributed by atoms with E-state index in [2.05, 4.69) is 50.7 Å². The molecule has 3 heterocycles. The lowest BCUT2D eigenvalue weighted by Gasteiger charge is -2.34. The summed E-state index contributed by atoms with van der Waals surface area (Å²) < 4.78 is 1.90. The highest BCUT2D eigenvalue weighted by Crippen LogP contribution is 2.42. The molecule has 5 rings (SSSR count). The third kappa shape index (κ3) is 4.03. The smallest absolute Gasteiger partial charge is 0.232 e. The summed E-state index contributed by atoms with van der Waals surface area (Å²) in [4.78, 5) is 21.7. The number of nitrogens with one attached hydrogen (secondary N) is 1. The van der Waals surface area contributed by atoms with Crippen molar-refractivity contribution in [2.45, 2.75) is 19.8 Å². The second-order valence-corrected chi connectivity index (χ2v) is 9.33. The standard InChI is InChI=1S/C26H23N5OS/c1-26(2,24(32)30-25-28-14-15-33-25)23(18-6-4-3-5-7-18)19-8-9-22-20(16-19)17-29-31(22)21-10-12-27-13-11-21/h3-17,23H,1-2H3,(H,28,30,32). The Morgan fingerprint density at radius 3 is 2.52 bits per heavy atom. The summed E-state index contributed by atoms with van der Waals surface area (Å²) in [5.74, 6) is -0.230. The molecule has 1 N–H and O–H groups in total. The fraction of sp³-hybridized carbons (Fsp3) is 0.154. The van der Waals surface area contributed by atoms with Gasteiger partial charge in [-0.2, -0.15) is 5.10 Å².